The Balaban J connectivity index is 1.78. The van der Waals surface area contributed by atoms with Gasteiger partial charge in [-0.3, -0.25) is 9.89 Å². The molecule has 2 heterocycles. The van der Waals surface area contributed by atoms with Gasteiger partial charge in [-0.25, -0.2) is 9.50 Å². The van der Waals surface area contributed by atoms with E-state index in [1.165, 1.54) is 22.7 Å². The molecule has 0 aliphatic carbocycles. The Kier molecular flexibility index (Phi) is 5.46. The van der Waals surface area contributed by atoms with E-state index in [0.717, 1.165) is 17.7 Å². The van der Waals surface area contributed by atoms with Crippen molar-refractivity contribution in [3.63, 3.8) is 0 Å². The van der Waals surface area contributed by atoms with Crippen molar-refractivity contribution in [2.24, 2.45) is 0 Å². The summed E-state index contributed by atoms with van der Waals surface area (Å²) in [6.07, 6.45) is -4.46. The molecule has 170 valence electrons. The van der Waals surface area contributed by atoms with Crippen molar-refractivity contribution in [2.75, 3.05) is 0 Å². The van der Waals surface area contributed by atoms with Gasteiger partial charge in [-0.2, -0.15) is 13.2 Å². The minimum atomic E-state index is -4.46. The van der Waals surface area contributed by atoms with Gasteiger partial charge in [0, 0.05) is 27.8 Å². The van der Waals surface area contributed by atoms with Gasteiger partial charge in [0.15, 0.2) is 5.65 Å². The molecule has 9 heteroatoms. The zero-order valence-corrected chi connectivity index (χ0v) is 18.7. The molecule has 1 N–H and O–H groups in total. The summed E-state index contributed by atoms with van der Waals surface area (Å²) in [6, 6.07) is 20.1. The molecule has 4 nitrogen and oxygen atoms in total. The van der Waals surface area contributed by atoms with E-state index in [-0.39, 0.29) is 11.3 Å². The second-order valence-electron chi connectivity index (χ2n) is 7.57. The van der Waals surface area contributed by atoms with Crippen molar-refractivity contribution in [3.05, 3.63) is 105 Å². The number of rotatable bonds is 3. The summed E-state index contributed by atoms with van der Waals surface area (Å²) in [4.78, 5) is 17.7. The van der Waals surface area contributed by atoms with Gasteiger partial charge in [0.05, 0.1) is 27.5 Å². The molecule has 0 saturated carbocycles. The zero-order chi connectivity index (χ0) is 24.0. The Labute approximate surface area is 201 Å². The maximum Gasteiger partial charge on any atom is 0.416 e. The fourth-order valence-corrected chi connectivity index (χ4v) is 4.28. The first-order valence-corrected chi connectivity index (χ1v) is 10.8. The molecule has 2 aromatic heterocycles. The minimum absolute atomic E-state index is 0.240. The number of benzene rings is 3. The van der Waals surface area contributed by atoms with E-state index in [2.05, 4.69) is 10.1 Å². The number of H-pyrrole nitrogens is 1. The van der Waals surface area contributed by atoms with E-state index < -0.39 is 17.3 Å². The molecule has 34 heavy (non-hydrogen) atoms. The van der Waals surface area contributed by atoms with E-state index in [0.29, 0.717) is 32.4 Å². The predicted octanol–water partition coefficient (Wildman–Crippen LogP) is 7.35. The van der Waals surface area contributed by atoms with E-state index in [4.69, 9.17) is 23.2 Å². The standard InChI is InChI=1S/C25H14Cl2F3N3O/c26-17-10-11-18(19(27)12-17)22-23(15-4-2-1-3-5-15)32-33-21(34)13-20(31-24(22)33)14-6-8-16(9-7-14)25(28,29)30/h1-13,32H. The lowest BCUT2D eigenvalue weighted by Gasteiger charge is -2.09. The highest BCUT2D eigenvalue weighted by molar-refractivity contribution is 6.36. The Morgan fingerprint density at radius 3 is 2.21 bits per heavy atom. The Morgan fingerprint density at radius 2 is 1.56 bits per heavy atom. The fourth-order valence-electron chi connectivity index (χ4n) is 3.78. The van der Waals surface area contributed by atoms with Gasteiger partial charge in [0.2, 0.25) is 0 Å². The quantitative estimate of drug-likeness (QED) is 0.282. The van der Waals surface area contributed by atoms with Crippen LogP contribution < -0.4 is 5.56 Å². The summed E-state index contributed by atoms with van der Waals surface area (Å²) in [5.74, 6) is 0. The lowest BCUT2D eigenvalue weighted by molar-refractivity contribution is -0.137. The smallest absolute Gasteiger partial charge is 0.288 e. The van der Waals surface area contributed by atoms with Gasteiger partial charge in [0.25, 0.3) is 5.56 Å². The minimum Gasteiger partial charge on any atom is -0.288 e. The topological polar surface area (TPSA) is 50.2 Å². The van der Waals surface area contributed by atoms with Crippen LogP contribution in [0.5, 0.6) is 0 Å². The van der Waals surface area contributed by atoms with Gasteiger partial charge in [-0.1, -0.05) is 71.7 Å². The fraction of sp³-hybridized carbons (Fsp3) is 0.0400. The van der Waals surface area contributed by atoms with Crippen LogP contribution in [0.4, 0.5) is 13.2 Å². The maximum atomic E-state index is 13.0. The molecule has 0 amide bonds. The molecule has 0 radical (unpaired) electrons. The molecule has 0 spiro atoms. The average molecular weight is 500 g/mol. The molecule has 0 atom stereocenters. The van der Waals surface area contributed by atoms with Crippen molar-refractivity contribution >= 4 is 28.8 Å². The van der Waals surface area contributed by atoms with Crippen molar-refractivity contribution in [1.82, 2.24) is 14.6 Å². The zero-order valence-electron chi connectivity index (χ0n) is 17.2. The molecule has 5 rings (SSSR count). The maximum absolute atomic E-state index is 13.0. The number of aromatic nitrogens is 3. The summed E-state index contributed by atoms with van der Waals surface area (Å²) in [7, 11) is 0. The normalized spacial score (nSPS) is 11.8. The van der Waals surface area contributed by atoms with Crippen LogP contribution in [0.3, 0.4) is 0 Å². The molecule has 3 aromatic carbocycles. The predicted molar refractivity (Wildman–Crippen MR) is 127 cm³/mol. The van der Waals surface area contributed by atoms with Crippen molar-refractivity contribution < 1.29 is 13.2 Å². The first-order chi connectivity index (χ1) is 16.2. The van der Waals surface area contributed by atoms with Gasteiger partial charge in [0.1, 0.15) is 0 Å². The van der Waals surface area contributed by atoms with E-state index in [9.17, 15) is 18.0 Å². The highest BCUT2D eigenvalue weighted by Crippen LogP contribution is 2.39. The number of alkyl halides is 3. The SMILES string of the molecule is O=c1cc(-c2ccc(C(F)(F)F)cc2)nc2c(-c3ccc(Cl)cc3Cl)c(-c3ccccc3)[nH]n12. The third kappa shape index (κ3) is 3.97. The number of nitrogens with one attached hydrogen (secondary N) is 1. The number of hydrogen-bond acceptors (Lipinski definition) is 2. The highest BCUT2D eigenvalue weighted by atomic mass is 35.5. The molecular formula is C25H14Cl2F3N3O. The van der Waals surface area contributed by atoms with E-state index in [1.54, 1.807) is 18.2 Å². The molecule has 0 aliphatic heterocycles. The van der Waals surface area contributed by atoms with Crippen LogP contribution in [0, 0.1) is 0 Å². The summed E-state index contributed by atoms with van der Waals surface area (Å²) in [6.45, 7) is 0. The van der Waals surface area contributed by atoms with Gasteiger partial charge in [-0.05, 0) is 24.3 Å². The van der Waals surface area contributed by atoms with Crippen LogP contribution in [-0.4, -0.2) is 14.6 Å². The average Bonchev–Trinajstić information content (AvgIpc) is 3.19. The first-order valence-electron chi connectivity index (χ1n) is 10.1. The second-order valence-corrected chi connectivity index (χ2v) is 8.41. The van der Waals surface area contributed by atoms with Crippen molar-refractivity contribution in [1.29, 1.82) is 0 Å². The summed E-state index contributed by atoms with van der Waals surface area (Å²) < 4.78 is 40.2. The van der Waals surface area contributed by atoms with E-state index >= 15 is 0 Å². The summed E-state index contributed by atoms with van der Waals surface area (Å²) >= 11 is 12.6. The highest BCUT2D eigenvalue weighted by Gasteiger charge is 2.30. The van der Waals surface area contributed by atoms with Gasteiger partial charge < -0.3 is 0 Å². The molecule has 0 unspecified atom stereocenters. The number of hydrogen-bond donors (Lipinski definition) is 1. The molecule has 0 fully saturated rings. The molecule has 0 bridgehead atoms. The Bertz CT molecular complexity index is 1570. The largest absolute Gasteiger partial charge is 0.416 e. The monoisotopic (exact) mass is 499 g/mol. The number of halogens is 5. The van der Waals surface area contributed by atoms with Crippen molar-refractivity contribution in [3.8, 4) is 33.6 Å². The number of fused-ring (bicyclic) bond motifs is 1. The lowest BCUT2D eigenvalue weighted by Crippen LogP contribution is -2.14. The first kappa shape index (κ1) is 22.3. The summed E-state index contributed by atoms with van der Waals surface area (Å²) in [5.41, 5.74) is 2.27. The van der Waals surface area contributed by atoms with Crippen LogP contribution in [0.1, 0.15) is 5.56 Å². The molecular weight excluding hydrogens is 486 g/mol. The molecule has 0 saturated heterocycles. The number of nitrogens with zero attached hydrogens (tertiary/aromatic N) is 2. The van der Waals surface area contributed by atoms with Gasteiger partial charge >= 0.3 is 6.18 Å². The second kappa shape index (κ2) is 8.34. The van der Waals surface area contributed by atoms with Crippen LogP contribution in [-0.2, 0) is 6.18 Å². The van der Waals surface area contributed by atoms with Crippen LogP contribution >= 0.6 is 23.2 Å². The van der Waals surface area contributed by atoms with Crippen LogP contribution in [0.25, 0.3) is 39.3 Å². The molecule has 0 aliphatic rings. The summed E-state index contributed by atoms with van der Waals surface area (Å²) in [5, 5.41) is 3.91. The lowest BCUT2D eigenvalue weighted by atomic mass is 10.0. The third-order valence-corrected chi connectivity index (χ3v) is 5.93. The Hall–Kier alpha value is -3.55. The van der Waals surface area contributed by atoms with Crippen LogP contribution in [0.15, 0.2) is 83.7 Å². The van der Waals surface area contributed by atoms with Crippen LogP contribution in [0.2, 0.25) is 10.0 Å². The van der Waals surface area contributed by atoms with Crippen molar-refractivity contribution in [2.45, 2.75) is 6.18 Å². The molecule has 5 aromatic rings. The van der Waals surface area contributed by atoms with Gasteiger partial charge in [-0.15, -0.1) is 0 Å². The Morgan fingerprint density at radius 1 is 0.853 bits per heavy atom. The third-order valence-electron chi connectivity index (χ3n) is 5.39. The van der Waals surface area contributed by atoms with E-state index in [1.807, 2.05) is 30.3 Å². The number of aromatic amines is 1.